The molecule has 1 fully saturated rings. The molecule has 1 heterocycles. The number of thiophene rings is 1. The molecule has 0 spiro atoms. The predicted octanol–water partition coefficient (Wildman–Crippen LogP) is 9.22. The van der Waals surface area contributed by atoms with Crippen LogP contribution in [0.4, 0.5) is 9.18 Å². The second kappa shape index (κ2) is 13.7. The second-order valence-corrected chi connectivity index (χ2v) is 14.4. The molecule has 1 aromatic heterocycles. The Balaban J connectivity index is 1.51. The van der Waals surface area contributed by atoms with Crippen LogP contribution in [-0.4, -0.2) is 52.6 Å². The number of benzene rings is 3. The summed E-state index contributed by atoms with van der Waals surface area (Å²) in [5, 5.41) is 19.8. The Morgan fingerprint density at radius 1 is 1.02 bits per heavy atom. The monoisotopic (exact) mass is 661 g/mol. The first-order valence-corrected chi connectivity index (χ1v) is 16.4. The van der Waals surface area contributed by atoms with E-state index in [0.717, 1.165) is 16.7 Å². The first-order valence-electron chi connectivity index (χ1n) is 15.2. The van der Waals surface area contributed by atoms with Gasteiger partial charge in [-0.1, -0.05) is 56.6 Å². The Hall–Kier alpha value is -4.13. The van der Waals surface area contributed by atoms with Crippen molar-refractivity contribution < 1.29 is 23.8 Å². The zero-order valence-corrected chi connectivity index (χ0v) is 27.9. The number of hydrogen-bond donors (Lipinski definition) is 1. The van der Waals surface area contributed by atoms with Crippen molar-refractivity contribution >= 4 is 45.0 Å². The maximum Gasteiger partial charge on any atom is 0.407 e. The first-order chi connectivity index (χ1) is 21.9. The molecule has 2 amide bonds. The average Bonchev–Trinajstić information content (AvgIpc) is 3.39. The number of nitrogens with zero attached hydrogens (tertiary/aromatic N) is 3. The molecule has 0 aliphatic heterocycles. The Bertz CT molecular complexity index is 1800. The Labute approximate surface area is 277 Å². The lowest BCUT2D eigenvalue weighted by atomic mass is 9.87. The largest absolute Gasteiger partial charge is 0.496 e. The van der Waals surface area contributed by atoms with E-state index in [1.54, 1.807) is 30.2 Å². The van der Waals surface area contributed by atoms with Gasteiger partial charge in [0, 0.05) is 40.8 Å². The van der Waals surface area contributed by atoms with Crippen molar-refractivity contribution in [3.05, 3.63) is 87.5 Å². The number of carbonyl (C=O) groups is 2. The van der Waals surface area contributed by atoms with Gasteiger partial charge in [0.1, 0.15) is 16.4 Å². The number of ether oxygens (including phenoxy) is 1. The van der Waals surface area contributed by atoms with Crippen LogP contribution in [0, 0.1) is 22.6 Å². The molecule has 7 nitrogen and oxygen atoms in total. The molecule has 46 heavy (non-hydrogen) atoms. The van der Waals surface area contributed by atoms with Crippen LogP contribution in [-0.2, 0) is 6.54 Å². The topological polar surface area (TPSA) is 93.9 Å². The minimum atomic E-state index is -0.938. The summed E-state index contributed by atoms with van der Waals surface area (Å²) < 4.78 is 21.1. The van der Waals surface area contributed by atoms with Crippen molar-refractivity contribution in [2.75, 3.05) is 13.7 Å². The highest BCUT2D eigenvalue weighted by Crippen LogP contribution is 2.40. The molecule has 1 saturated carbocycles. The molecule has 1 N–H and O–H groups in total. The van der Waals surface area contributed by atoms with E-state index >= 15 is 0 Å². The van der Waals surface area contributed by atoms with Crippen molar-refractivity contribution in [1.29, 1.82) is 5.26 Å². The van der Waals surface area contributed by atoms with Crippen LogP contribution in [0.15, 0.2) is 60.7 Å². The van der Waals surface area contributed by atoms with Gasteiger partial charge in [-0.15, -0.1) is 11.3 Å². The summed E-state index contributed by atoms with van der Waals surface area (Å²) in [5.41, 5.74) is 2.83. The highest BCUT2D eigenvalue weighted by Gasteiger charge is 2.36. The lowest BCUT2D eigenvalue weighted by Gasteiger charge is -2.41. The van der Waals surface area contributed by atoms with E-state index in [4.69, 9.17) is 16.3 Å². The zero-order valence-electron chi connectivity index (χ0n) is 26.3. The van der Waals surface area contributed by atoms with Crippen molar-refractivity contribution in [2.24, 2.45) is 5.41 Å². The molecule has 1 aliphatic carbocycles. The number of halogens is 2. The summed E-state index contributed by atoms with van der Waals surface area (Å²) in [6, 6.07) is 19.5. The standard InChI is InChI=1S/C36H37ClFN3O4S/c1-36(2,3)21-41(35(43)44)27-14-12-26(13-15-27)40(34(42)33-32(37)31-28(38)9-6-10-30(31)46-33)20-25-18-24(11-16-29(25)45-4)23-8-5-7-22(17-23)19-39/h5-11,16-18,26-27H,12-15,20-21H2,1-4H3,(H,43,44). The van der Waals surface area contributed by atoms with Gasteiger partial charge in [-0.3, -0.25) is 4.79 Å². The highest BCUT2D eigenvalue weighted by atomic mass is 35.5. The third-order valence-electron chi connectivity index (χ3n) is 8.45. The number of amides is 2. The zero-order chi connectivity index (χ0) is 33.2. The highest BCUT2D eigenvalue weighted by molar-refractivity contribution is 7.21. The minimum Gasteiger partial charge on any atom is -0.496 e. The number of nitriles is 1. The minimum absolute atomic E-state index is 0.0954. The Morgan fingerprint density at radius 2 is 1.67 bits per heavy atom. The number of carbonyl (C=O) groups excluding carboxylic acids is 1. The molecule has 0 radical (unpaired) electrons. The van der Waals surface area contributed by atoms with Crippen LogP contribution < -0.4 is 4.74 Å². The lowest BCUT2D eigenvalue weighted by molar-refractivity contribution is 0.0492. The molecule has 0 unspecified atom stereocenters. The van der Waals surface area contributed by atoms with Gasteiger partial charge >= 0.3 is 6.09 Å². The summed E-state index contributed by atoms with van der Waals surface area (Å²) in [6.45, 7) is 6.67. The molecule has 240 valence electrons. The van der Waals surface area contributed by atoms with E-state index in [1.807, 2.05) is 57.2 Å². The SMILES string of the molecule is COc1ccc(-c2cccc(C#N)c2)cc1CN(C(=O)c1sc2cccc(F)c2c1Cl)C1CCC(N(CC(C)(C)C)C(=O)O)CC1. The van der Waals surface area contributed by atoms with Crippen molar-refractivity contribution in [3.8, 4) is 22.9 Å². The molecule has 10 heteroatoms. The van der Waals surface area contributed by atoms with Crippen LogP contribution in [0.2, 0.25) is 5.02 Å². The van der Waals surface area contributed by atoms with E-state index in [1.165, 1.54) is 22.3 Å². The van der Waals surface area contributed by atoms with Crippen molar-refractivity contribution in [1.82, 2.24) is 9.80 Å². The van der Waals surface area contributed by atoms with Crippen LogP contribution >= 0.6 is 22.9 Å². The lowest BCUT2D eigenvalue weighted by Crippen LogP contribution is -2.49. The Morgan fingerprint density at radius 3 is 2.28 bits per heavy atom. The smallest absolute Gasteiger partial charge is 0.407 e. The number of methoxy groups -OCH3 is 1. The van der Waals surface area contributed by atoms with Crippen molar-refractivity contribution in [2.45, 2.75) is 65.1 Å². The van der Waals surface area contributed by atoms with Gasteiger partial charge in [-0.2, -0.15) is 5.26 Å². The molecule has 5 rings (SSSR count). The summed E-state index contributed by atoms with van der Waals surface area (Å²) in [4.78, 5) is 30.3. The average molecular weight is 662 g/mol. The molecular formula is C36H37ClFN3O4S. The summed E-state index contributed by atoms with van der Waals surface area (Å²) in [5.74, 6) is -0.188. The van der Waals surface area contributed by atoms with Crippen LogP contribution in [0.5, 0.6) is 5.75 Å². The van der Waals surface area contributed by atoms with E-state index in [0.29, 0.717) is 48.2 Å². The molecule has 0 saturated heterocycles. The van der Waals surface area contributed by atoms with Crippen LogP contribution in [0.25, 0.3) is 21.2 Å². The predicted molar refractivity (Wildman–Crippen MR) is 180 cm³/mol. The maximum absolute atomic E-state index is 14.8. The second-order valence-electron chi connectivity index (χ2n) is 12.9. The number of fused-ring (bicyclic) bond motifs is 1. The summed E-state index contributed by atoms with van der Waals surface area (Å²) in [6.07, 6.45) is 1.45. The third kappa shape index (κ3) is 7.14. The van der Waals surface area contributed by atoms with Gasteiger partial charge in [0.25, 0.3) is 5.91 Å². The van der Waals surface area contributed by atoms with E-state index in [2.05, 4.69) is 6.07 Å². The van der Waals surface area contributed by atoms with Crippen molar-refractivity contribution in [3.63, 3.8) is 0 Å². The fourth-order valence-electron chi connectivity index (χ4n) is 6.28. The molecular weight excluding hydrogens is 625 g/mol. The fourth-order valence-corrected chi connectivity index (χ4v) is 7.79. The van der Waals surface area contributed by atoms with E-state index < -0.39 is 11.9 Å². The van der Waals surface area contributed by atoms with E-state index in [-0.39, 0.29) is 45.2 Å². The molecule has 4 aromatic rings. The number of hydrogen-bond acceptors (Lipinski definition) is 5. The van der Waals surface area contributed by atoms with E-state index in [9.17, 15) is 24.3 Å². The van der Waals surface area contributed by atoms with Crippen LogP contribution in [0.3, 0.4) is 0 Å². The molecule has 3 aromatic carbocycles. The first kappa shape index (κ1) is 33.2. The van der Waals surface area contributed by atoms with Gasteiger partial charge in [0.15, 0.2) is 0 Å². The Kier molecular flexibility index (Phi) is 9.90. The number of carboxylic acid groups (broad SMARTS) is 1. The maximum atomic E-state index is 14.8. The summed E-state index contributed by atoms with van der Waals surface area (Å²) in [7, 11) is 1.58. The van der Waals surface area contributed by atoms with Gasteiger partial charge < -0.3 is 19.6 Å². The van der Waals surface area contributed by atoms with Gasteiger partial charge in [0.05, 0.1) is 23.8 Å². The van der Waals surface area contributed by atoms with Gasteiger partial charge in [-0.05, 0) is 78.6 Å². The number of rotatable bonds is 8. The van der Waals surface area contributed by atoms with Gasteiger partial charge in [-0.25, -0.2) is 9.18 Å². The van der Waals surface area contributed by atoms with Crippen LogP contribution in [0.1, 0.15) is 67.3 Å². The third-order valence-corrected chi connectivity index (χ3v) is 10.1. The normalized spacial score (nSPS) is 16.5. The summed E-state index contributed by atoms with van der Waals surface area (Å²) >= 11 is 7.86. The molecule has 0 bridgehead atoms. The molecule has 1 aliphatic rings. The fraction of sp³-hybridized carbons (Fsp3) is 0.361. The van der Waals surface area contributed by atoms with Gasteiger partial charge in [0.2, 0.25) is 0 Å². The molecule has 0 atom stereocenters. The quantitative estimate of drug-likeness (QED) is 0.203.